The van der Waals surface area contributed by atoms with Crippen LogP contribution >= 0.6 is 11.3 Å². The third kappa shape index (κ3) is 3.02. The first-order chi connectivity index (χ1) is 13.2. The van der Waals surface area contributed by atoms with Crippen LogP contribution in [0, 0.1) is 0 Å². The molecule has 5 rings (SSSR count). The van der Waals surface area contributed by atoms with Gasteiger partial charge in [0.15, 0.2) is 5.72 Å². The monoisotopic (exact) mass is 380 g/mol. The van der Waals surface area contributed by atoms with Crippen LogP contribution in [0.3, 0.4) is 0 Å². The molecular formula is C20H20N4O2S. The molecule has 2 N–H and O–H groups in total. The Kier molecular flexibility index (Phi) is 3.98. The highest BCUT2D eigenvalue weighted by Gasteiger charge is 2.42. The summed E-state index contributed by atoms with van der Waals surface area (Å²) in [7, 11) is 0. The normalized spacial score (nSPS) is 18.7. The lowest BCUT2D eigenvalue weighted by atomic mass is 9.96. The Bertz CT molecular complexity index is 958. The van der Waals surface area contributed by atoms with E-state index in [-0.39, 0.29) is 5.91 Å². The first-order valence-corrected chi connectivity index (χ1v) is 9.99. The third-order valence-corrected chi connectivity index (χ3v) is 6.21. The molecule has 1 fully saturated rings. The molecule has 4 heterocycles. The van der Waals surface area contributed by atoms with E-state index in [2.05, 4.69) is 37.9 Å². The minimum absolute atomic E-state index is 0.0416. The Morgan fingerprint density at radius 1 is 1.19 bits per heavy atom. The predicted octanol–water partition coefficient (Wildman–Crippen LogP) is 3.25. The molecule has 1 spiro atoms. The van der Waals surface area contributed by atoms with Crippen LogP contribution in [0.15, 0.2) is 48.0 Å². The number of aromatic nitrogens is 2. The Morgan fingerprint density at radius 2 is 2.04 bits per heavy atom. The number of ether oxygens (including phenoxy) is 1. The lowest BCUT2D eigenvalue weighted by Crippen LogP contribution is -2.60. The van der Waals surface area contributed by atoms with Crippen LogP contribution in [-0.2, 0) is 6.54 Å². The first kappa shape index (κ1) is 16.5. The largest absolute Gasteiger partial charge is 0.467 e. The first-order valence-electron chi connectivity index (χ1n) is 9.11. The molecule has 2 aliphatic heterocycles. The Morgan fingerprint density at radius 3 is 2.85 bits per heavy atom. The number of piperidine rings is 1. The highest BCUT2D eigenvalue weighted by molar-refractivity contribution is 7.13. The molecule has 27 heavy (non-hydrogen) atoms. The molecule has 0 bridgehead atoms. The summed E-state index contributed by atoms with van der Waals surface area (Å²) in [4.78, 5) is 16.1. The third-order valence-electron chi connectivity index (χ3n) is 5.32. The molecule has 0 saturated carbocycles. The van der Waals surface area contributed by atoms with Gasteiger partial charge in [0.05, 0.1) is 22.3 Å². The van der Waals surface area contributed by atoms with Crippen LogP contribution in [0.1, 0.15) is 28.8 Å². The molecule has 0 radical (unpaired) electrons. The molecular weight excluding hydrogens is 360 g/mol. The maximum Gasteiger partial charge on any atom is 0.258 e. The number of rotatable bonds is 3. The van der Waals surface area contributed by atoms with E-state index in [1.807, 2.05) is 24.4 Å². The SMILES string of the molecule is O=C1NC2(CCN(Cc3cn[nH]c3-c3cccs3)CC2)Oc2ccccc21. The van der Waals surface area contributed by atoms with Gasteiger partial charge in [0, 0.05) is 38.0 Å². The number of para-hydroxylation sites is 1. The van der Waals surface area contributed by atoms with Crippen LogP contribution in [0.5, 0.6) is 5.75 Å². The number of likely N-dealkylation sites (tertiary alicyclic amines) is 1. The van der Waals surface area contributed by atoms with Crippen molar-refractivity contribution in [2.75, 3.05) is 13.1 Å². The zero-order valence-corrected chi connectivity index (χ0v) is 15.6. The molecule has 7 heteroatoms. The van der Waals surface area contributed by atoms with Crippen molar-refractivity contribution >= 4 is 17.2 Å². The average molecular weight is 380 g/mol. The molecule has 1 amide bonds. The van der Waals surface area contributed by atoms with E-state index < -0.39 is 5.72 Å². The van der Waals surface area contributed by atoms with E-state index in [4.69, 9.17) is 4.74 Å². The van der Waals surface area contributed by atoms with E-state index in [1.165, 1.54) is 10.4 Å². The Hall–Kier alpha value is -2.64. The van der Waals surface area contributed by atoms with Gasteiger partial charge in [-0.05, 0) is 23.6 Å². The topological polar surface area (TPSA) is 70.2 Å². The molecule has 0 atom stereocenters. The second kappa shape index (κ2) is 6.51. The van der Waals surface area contributed by atoms with Crippen molar-refractivity contribution in [2.24, 2.45) is 0 Å². The van der Waals surface area contributed by atoms with Gasteiger partial charge in [0.1, 0.15) is 5.75 Å². The van der Waals surface area contributed by atoms with Gasteiger partial charge in [-0.25, -0.2) is 0 Å². The fourth-order valence-electron chi connectivity index (χ4n) is 3.86. The highest BCUT2D eigenvalue weighted by Crippen LogP contribution is 2.34. The summed E-state index contributed by atoms with van der Waals surface area (Å²) in [5.74, 6) is 0.643. The van der Waals surface area contributed by atoms with Gasteiger partial charge in [-0.3, -0.25) is 14.8 Å². The van der Waals surface area contributed by atoms with E-state index in [0.717, 1.165) is 38.2 Å². The maximum absolute atomic E-state index is 12.5. The summed E-state index contributed by atoms with van der Waals surface area (Å²) in [5.41, 5.74) is 2.33. The highest BCUT2D eigenvalue weighted by atomic mass is 32.1. The average Bonchev–Trinajstić information content (AvgIpc) is 3.35. The number of H-pyrrole nitrogens is 1. The number of hydrogen-bond donors (Lipinski definition) is 2. The number of carbonyl (C=O) groups excluding carboxylic acids is 1. The molecule has 1 saturated heterocycles. The molecule has 6 nitrogen and oxygen atoms in total. The van der Waals surface area contributed by atoms with Crippen molar-refractivity contribution in [3.05, 3.63) is 59.1 Å². The van der Waals surface area contributed by atoms with E-state index in [0.29, 0.717) is 11.3 Å². The smallest absolute Gasteiger partial charge is 0.258 e. The number of nitrogens with zero attached hydrogens (tertiary/aromatic N) is 2. The minimum Gasteiger partial charge on any atom is -0.467 e. The van der Waals surface area contributed by atoms with Crippen molar-refractivity contribution in [1.82, 2.24) is 20.4 Å². The van der Waals surface area contributed by atoms with Gasteiger partial charge in [0.2, 0.25) is 0 Å². The van der Waals surface area contributed by atoms with Crippen molar-refractivity contribution in [2.45, 2.75) is 25.1 Å². The van der Waals surface area contributed by atoms with E-state index >= 15 is 0 Å². The standard InChI is InChI=1S/C20H20N4O2S/c25-19-15-4-1-2-5-16(15)26-20(22-19)7-9-24(10-8-20)13-14-12-21-23-18(14)17-6-3-11-27-17/h1-6,11-12H,7-10,13H2,(H,21,23)(H,22,25). The zero-order valence-electron chi connectivity index (χ0n) is 14.8. The van der Waals surface area contributed by atoms with Gasteiger partial charge in [-0.1, -0.05) is 18.2 Å². The van der Waals surface area contributed by atoms with Gasteiger partial charge < -0.3 is 10.1 Å². The quantitative estimate of drug-likeness (QED) is 0.732. The van der Waals surface area contributed by atoms with E-state index in [9.17, 15) is 4.79 Å². The molecule has 3 aromatic rings. The van der Waals surface area contributed by atoms with Gasteiger partial charge >= 0.3 is 0 Å². The van der Waals surface area contributed by atoms with Crippen molar-refractivity contribution < 1.29 is 9.53 Å². The summed E-state index contributed by atoms with van der Waals surface area (Å²) >= 11 is 1.71. The number of nitrogens with one attached hydrogen (secondary N) is 2. The molecule has 2 aromatic heterocycles. The second-order valence-corrected chi connectivity index (χ2v) is 8.02. The molecule has 2 aliphatic rings. The number of carbonyl (C=O) groups is 1. The fourth-order valence-corrected chi connectivity index (χ4v) is 4.61. The van der Waals surface area contributed by atoms with Gasteiger partial charge in [0.25, 0.3) is 5.91 Å². The van der Waals surface area contributed by atoms with Crippen molar-refractivity contribution in [3.63, 3.8) is 0 Å². The van der Waals surface area contributed by atoms with Crippen LogP contribution in [0.4, 0.5) is 0 Å². The summed E-state index contributed by atoms with van der Waals surface area (Å²) in [5, 5.41) is 12.5. The second-order valence-electron chi connectivity index (χ2n) is 7.07. The predicted molar refractivity (Wildman–Crippen MR) is 104 cm³/mol. The lowest BCUT2D eigenvalue weighted by Gasteiger charge is -2.44. The maximum atomic E-state index is 12.5. The van der Waals surface area contributed by atoms with Gasteiger partial charge in [-0.2, -0.15) is 5.10 Å². The summed E-state index contributed by atoms with van der Waals surface area (Å²) in [6.45, 7) is 2.55. The number of aromatic amines is 1. The van der Waals surface area contributed by atoms with Crippen LogP contribution in [0.2, 0.25) is 0 Å². The lowest BCUT2D eigenvalue weighted by molar-refractivity contribution is -0.0304. The Labute approximate surface area is 161 Å². The number of fused-ring (bicyclic) bond motifs is 1. The molecule has 1 aromatic carbocycles. The molecule has 0 unspecified atom stereocenters. The van der Waals surface area contributed by atoms with E-state index in [1.54, 1.807) is 17.4 Å². The number of benzene rings is 1. The summed E-state index contributed by atoms with van der Waals surface area (Å²) in [6, 6.07) is 11.6. The number of amides is 1. The summed E-state index contributed by atoms with van der Waals surface area (Å²) in [6.07, 6.45) is 3.44. The minimum atomic E-state index is -0.588. The number of thiophene rings is 1. The molecule has 0 aliphatic carbocycles. The van der Waals surface area contributed by atoms with Gasteiger partial charge in [-0.15, -0.1) is 11.3 Å². The Balaban J connectivity index is 1.28. The fraction of sp³-hybridized carbons (Fsp3) is 0.300. The van der Waals surface area contributed by atoms with Crippen LogP contribution < -0.4 is 10.1 Å². The van der Waals surface area contributed by atoms with Crippen molar-refractivity contribution in [3.8, 4) is 16.3 Å². The summed E-state index contributed by atoms with van der Waals surface area (Å²) < 4.78 is 6.22. The van der Waals surface area contributed by atoms with Crippen molar-refractivity contribution in [1.29, 1.82) is 0 Å². The zero-order chi connectivity index (χ0) is 18.3. The van der Waals surface area contributed by atoms with Crippen LogP contribution in [-0.4, -0.2) is 39.8 Å². The van der Waals surface area contributed by atoms with Crippen LogP contribution in [0.25, 0.3) is 10.6 Å². The number of hydrogen-bond acceptors (Lipinski definition) is 5. The molecule has 138 valence electrons.